The van der Waals surface area contributed by atoms with Crippen molar-refractivity contribution in [1.29, 1.82) is 0 Å². The van der Waals surface area contributed by atoms with Gasteiger partial charge in [0, 0.05) is 32.1 Å². The Kier molecular flexibility index (Phi) is 5.37. The van der Waals surface area contributed by atoms with E-state index in [1.807, 2.05) is 0 Å². The minimum absolute atomic E-state index is 0.143. The largest absolute Gasteiger partial charge is 0.301 e. The Bertz CT molecular complexity index is 536. The average molecular weight is 321 g/mol. The van der Waals surface area contributed by atoms with Gasteiger partial charge in [0.15, 0.2) is 0 Å². The lowest BCUT2D eigenvalue weighted by molar-refractivity contribution is 0.303. The Morgan fingerprint density at radius 3 is 2.45 bits per heavy atom. The molecule has 112 valence electrons. The SMILES string of the molecule is O=S(=O)(c1ccc(F)cc1)N1CCCN(CCCl)CC1. The van der Waals surface area contributed by atoms with Crippen molar-refractivity contribution in [3.8, 4) is 0 Å². The molecule has 4 nitrogen and oxygen atoms in total. The van der Waals surface area contributed by atoms with Gasteiger partial charge in [-0.25, -0.2) is 12.8 Å². The van der Waals surface area contributed by atoms with Crippen LogP contribution in [0.2, 0.25) is 0 Å². The zero-order valence-electron chi connectivity index (χ0n) is 11.1. The number of alkyl halides is 1. The van der Waals surface area contributed by atoms with E-state index in [0.29, 0.717) is 25.5 Å². The van der Waals surface area contributed by atoms with Gasteiger partial charge in [0.1, 0.15) is 5.82 Å². The highest BCUT2D eigenvalue weighted by atomic mass is 35.5. The molecule has 1 fully saturated rings. The van der Waals surface area contributed by atoms with E-state index < -0.39 is 15.8 Å². The molecule has 20 heavy (non-hydrogen) atoms. The van der Waals surface area contributed by atoms with Crippen molar-refractivity contribution in [2.24, 2.45) is 0 Å². The summed E-state index contributed by atoms with van der Waals surface area (Å²) in [5.41, 5.74) is 0. The van der Waals surface area contributed by atoms with Gasteiger partial charge in [0.05, 0.1) is 4.90 Å². The summed E-state index contributed by atoms with van der Waals surface area (Å²) in [5, 5.41) is 0. The molecule has 0 radical (unpaired) electrons. The Morgan fingerprint density at radius 1 is 1.10 bits per heavy atom. The van der Waals surface area contributed by atoms with Crippen molar-refractivity contribution in [2.75, 3.05) is 38.6 Å². The second kappa shape index (κ2) is 6.85. The van der Waals surface area contributed by atoms with E-state index in [2.05, 4.69) is 4.90 Å². The van der Waals surface area contributed by atoms with Crippen molar-refractivity contribution >= 4 is 21.6 Å². The van der Waals surface area contributed by atoms with Crippen LogP contribution in [0.25, 0.3) is 0 Å². The van der Waals surface area contributed by atoms with Crippen LogP contribution < -0.4 is 0 Å². The third-order valence-corrected chi connectivity index (χ3v) is 5.48. The third-order valence-electron chi connectivity index (χ3n) is 3.40. The summed E-state index contributed by atoms with van der Waals surface area (Å²) in [6.07, 6.45) is 0.775. The summed E-state index contributed by atoms with van der Waals surface area (Å²) in [5.74, 6) is 0.109. The van der Waals surface area contributed by atoms with Gasteiger partial charge in [0.2, 0.25) is 10.0 Å². The minimum Gasteiger partial charge on any atom is -0.301 e. The molecule has 0 saturated carbocycles. The minimum atomic E-state index is -3.53. The highest BCUT2D eigenvalue weighted by Gasteiger charge is 2.26. The van der Waals surface area contributed by atoms with Crippen LogP contribution in [0, 0.1) is 5.82 Å². The molecule has 1 aromatic carbocycles. The zero-order valence-corrected chi connectivity index (χ0v) is 12.7. The van der Waals surface area contributed by atoms with Crippen LogP contribution in [0.1, 0.15) is 6.42 Å². The van der Waals surface area contributed by atoms with Gasteiger partial charge in [-0.05, 0) is 37.2 Å². The van der Waals surface area contributed by atoms with Gasteiger partial charge < -0.3 is 4.90 Å². The molecular formula is C13H18ClFN2O2S. The number of hydrogen-bond acceptors (Lipinski definition) is 3. The Balaban J connectivity index is 2.11. The second-order valence-electron chi connectivity index (χ2n) is 4.74. The molecule has 0 amide bonds. The molecule has 1 aliphatic heterocycles. The van der Waals surface area contributed by atoms with Crippen LogP contribution in [0.3, 0.4) is 0 Å². The predicted molar refractivity (Wildman–Crippen MR) is 76.9 cm³/mol. The van der Waals surface area contributed by atoms with Crippen LogP contribution in [-0.4, -0.2) is 56.2 Å². The first-order chi connectivity index (χ1) is 9.54. The fourth-order valence-electron chi connectivity index (χ4n) is 2.29. The topological polar surface area (TPSA) is 40.6 Å². The van der Waals surface area contributed by atoms with E-state index in [0.717, 1.165) is 19.5 Å². The lowest BCUT2D eigenvalue weighted by Crippen LogP contribution is -2.35. The molecule has 0 aliphatic carbocycles. The summed E-state index contributed by atoms with van der Waals surface area (Å²) in [6.45, 7) is 3.22. The van der Waals surface area contributed by atoms with Gasteiger partial charge in [0.25, 0.3) is 0 Å². The van der Waals surface area contributed by atoms with E-state index >= 15 is 0 Å². The number of nitrogens with zero attached hydrogens (tertiary/aromatic N) is 2. The molecule has 0 atom stereocenters. The lowest BCUT2D eigenvalue weighted by Gasteiger charge is -2.21. The molecule has 0 spiro atoms. The van der Waals surface area contributed by atoms with Crippen molar-refractivity contribution < 1.29 is 12.8 Å². The maximum atomic E-state index is 12.9. The molecule has 2 rings (SSSR count). The van der Waals surface area contributed by atoms with Gasteiger partial charge in [-0.2, -0.15) is 4.31 Å². The average Bonchev–Trinajstić information content (AvgIpc) is 2.66. The van der Waals surface area contributed by atoms with Crippen molar-refractivity contribution in [1.82, 2.24) is 9.21 Å². The first kappa shape index (κ1) is 15.7. The molecule has 0 N–H and O–H groups in total. The molecule has 1 heterocycles. The number of hydrogen-bond donors (Lipinski definition) is 0. The van der Waals surface area contributed by atoms with E-state index in [9.17, 15) is 12.8 Å². The molecule has 0 aromatic heterocycles. The molecular weight excluding hydrogens is 303 g/mol. The molecule has 0 bridgehead atoms. The number of rotatable bonds is 4. The number of benzene rings is 1. The van der Waals surface area contributed by atoms with E-state index in [4.69, 9.17) is 11.6 Å². The molecule has 1 aliphatic rings. The first-order valence-electron chi connectivity index (χ1n) is 6.58. The Hall–Kier alpha value is -0.690. The fourth-order valence-corrected chi connectivity index (χ4v) is 4.00. The van der Waals surface area contributed by atoms with E-state index in [-0.39, 0.29) is 4.90 Å². The normalized spacial score (nSPS) is 18.9. The van der Waals surface area contributed by atoms with Crippen molar-refractivity contribution in [3.05, 3.63) is 30.1 Å². The van der Waals surface area contributed by atoms with Crippen LogP contribution in [0.15, 0.2) is 29.2 Å². The van der Waals surface area contributed by atoms with E-state index in [1.165, 1.54) is 28.6 Å². The highest BCUT2D eigenvalue weighted by Crippen LogP contribution is 2.18. The summed E-state index contributed by atoms with van der Waals surface area (Å²) in [7, 11) is -3.53. The van der Waals surface area contributed by atoms with Gasteiger partial charge in [-0.3, -0.25) is 0 Å². The predicted octanol–water partition coefficient (Wildman–Crippen LogP) is 1.76. The van der Waals surface area contributed by atoms with Crippen LogP contribution in [0.5, 0.6) is 0 Å². The molecule has 0 unspecified atom stereocenters. The number of sulfonamides is 1. The van der Waals surface area contributed by atoms with Gasteiger partial charge in [-0.1, -0.05) is 0 Å². The highest BCUT2D eigenvalue weighted by molar-refractivity contribution is 7.89. The molecule has 1 saturated heterocycles. The smallest absolute Gasteiger partial charge is 0.243 e. The summed E-state index contributed by atoms with van der Waals surface area (Å²) in [6, 6.07) is 4.97. The Morgan fingerprint density at radius 2 is 1.80 bits per heavy atom. The van der Waals surface area contributed by atoms with Crippen molar-refractivity contribution in [2.45, 2.75) is 11.3 Å². The first-order valence-corrected chi connectivity index (χ1v) is 8.55. The van der Waals surface area contributed by atoms with Gasteiger partial charge in [-0.15, -0.1) is 11.6 Å². The monoisotopic (exact) mass is 320 g/mol. The van der Waals surface area contributed by atoms with Gasteiger partial charge >= 0.3 is 0 Å². The third kappa shape index (κ3) is 3.69. The molecule has 1 aromatic rings. The number of halogens is 2. The van der Waals surface area contributed by atoms with Crippen LogP contribution in [-0.2, 0) is 10.0 Å². The van der Waals surface area contributed by atoms with E-state index in [1.54, 1.807) is 0 Å². The summed E-state index contributed by atoms with van der Waals surface area (Å²) < 4.78 is 39.3. The Labute approximate surface area is 124 Å². The maximum Gasteiger partial charge on any atom is 0.243 e. The second-order valence-corrected chi connectivity index (χ2v) is 7.06. The summed E-state index contributed by atoms with van der Waals surface area (Å²) >= 11 is 5.72. The maximum absolute atomic E-state index is 12.9. The van der Waals surface area contributed by atoms with Crippen LogP contribution >= 0.6 is 11.6 Å². The standard InChI is InChI=1S/C13H18ClFN2O2S/c14-6-9-16-7-1-8-17(11-10-16)20(18,19)13-4-2-12(15)3-5-13/h2-5H,1,6-11H2. The zero-order chi connectivity index (χ0) is 14.6. The quantitative estimate of drug-likeness (QED) is 0.794. The fraction of sp³-hybridized carbons (Fsp3) is 0.538. The van der Waals surface area contributed by atoms with Crippen LogP contribution in [0.4, 0.5) is 4.39 Å². The summed E-state index contributed by atoms with van der Waals surface area (Å²) in [4.78, 5) is 2.30. The van der Waals surface area contributed by atoms with Crippen molar-refractivity contribution in [3.63, 3.8) is 0 Å². The molecule has 7 heteroatoms. The lowest BCUT2D eigenvalue weighted by atomic mass is 10.4.